The summed E-state index contributed by atoms with van der Waals surface area (Å²) in [5.74, 6) is -0.460. The molecule has 1 heterocycles. The van der Waals surface area contributed by atoms with Crippen LogP contribution in [0.25, 0.3) is 0 Å². The SMILES string of the molecule is COC(=O)[C@H]1[C@H](Cc2ccccc2)OC(=O)N1Cc1ccccc1. The molecule has 0 spiro atoms. The summed E-state index contributed by atoms with van der Waals surface area (Å²) < 4.78 is 10.4. The lowest BCUT2D eigenvalue weighted by molar-refractivity contribution is -0.146. The van der Waals surface area contributed by atoms with Crippen molar-refractivity contribution in [1.82, 2.24) is 4.90 Å². The molecule has 2 aromatic carbocycles. The van der Waals surface area contributed by atoms with E-state index >= 15 is 0 Å². The Morgan fingerprint density at radius 3 is 2.21 bits per heavy atom. The molecular weight excluding hydrogens is 306 g/mol. The third kappa shape index (κ3) is 3.40. The molecule has 24 heavy (non-hydrogen) atoms. The summed E-state index contributed by atoms with van der Waals surface area (Å²) in [6.45, 7) is 0.310. The third-order valence-electron chi connectivity index (χ3n) is 4.09. The standard InChI is InChI=1S/C19H19NO4/c1-23-18(21)17-16(12-14-8-4-2-5-9-14)24-19(22)20(17)13-15-10-6-3-7-11-15/h2-11,16-17H,12-13H2,1H3/t16-,17+/m0/s1. The Morgan fingerprint density at radius 2 is 1.62 bits per heavy atom. The van der Waals surface area contributed by atoms with Gasteiger partial charge < -0.3 is 9.47 Å². The van der Waals surface area contributed by atoms with Crippen LogP contribution in [0.5, 0.6) is 0 Å². The smallest absolute Gasteiger partial charge is 0.411 e. The van der Waals surface area contributed by atoms with Gasteiger partial charge in [0.05, 0.1) is 13.7 Å². The minimum atomic E-state index is -0.747. The molecule has 0 saturated carbocycles. The van der Waals surface area contributed by atoms with Crippen LogP contribution in [0.4, 0.5) is 4.79 Å². The van der Waals surface area contributed by atoms with E-state index in [4.69, 9.17) is 9.47 Å². The summed E-state index contributed by atoms with van der Waals surface area (Å²) >= 11 is 0. The van der Waals surface area contributed by atoms with Crippen LogP contribution in [-0.2, 0) is 27.2 Å². The molecule has 0 aliphatic carbocycles. The first kappa shape index (κ1) is 16.1. The van der Waals surface area contributed by atoms with E-state index in [0.717, 1.165) is 11.1 Å². The molecule has 1 saturated heterocycles. The van der Waals surface area contributed by atoms with Crippen LogP contribution in [0.15, 0.2) is 60.7 Å². The van der Waals surface area contributed by atoms with Gasteiger partial charge in [0, 0.05) is 6.42 Å². The fourth-order valence-corrected chi connectivity index (χ4v) is 2.92. The number of nitrogens with zero attached hydrogens (tertiary/aromatic N) is 1. The van der Waals surface area contributed by atoms with Gasteiger partial charge in [-0.1, -0.05) is 60.7 Å². The van der Waals surface area contributed by atoms with Crippen LogP contribution < -0.4 is 0 Å². The molecule has 2 aromatic rings. The van der Waals surface area contributed by atoms with E-state index in [1.165, 1.54) is 12.0 Å². The number of hydrogen-bond donors (Lipinski definition) is 0. The molecule has 5 heteroatoms. The first-order chi connectivity index (χ1) is 11.7. The molecule has 1 amide bonds. The normalized spacial score (nSPS) is 19.9. The Bertz CT molecular complexity index is 702. The minimum absolute atomic E-state index is 0.310. The number of carbonyl (C=O) groups excluding carboxylic acids is 2. The van der Waals surface area contributed by atoms with Gasteiger partial charge in [-0.15, -0.1) is 0 Å². The highest BCUT2D eigenvalue weighted by Crippen LogP contribution is 2.26. The fraction of sp³-hybridized carbons (Fsp3) is 0.263. The maximum absolute atomic E-state index is 12.3. The summed E-state index contributed by atoms with van der Waals surface area (Å²) in [5, 5.41) is 0. The van der Waals surface area contributed by atoms with Crippen molar-refractivity contribution >= 4 is 12.1 Å². The Kier molecular flexibility index (Phi) is 4.79. The molecule has 124 valence electrons. The molecule has 5 nitrogen and oxygen atoms in total. The molecular formula is C19H19NO4. The average Bonchev–Trinajstić information content (AvgIpc) is 2.91. The molecule has 1 aliphatic rings. The van der Waals surface area contributed by atoms with Crippen molar-refractivity contribution in [3.05, 3.63) is 71.8 Å². The van der Waals surface area contributed by atoms with Gasteiger partial charge in [-0.05, 0) is 11.1 Å². The lowest BCUT2D eigenvalue weighted by Gasteiger charge is -2.22. The molecule has 0 radical (unpaired) electrons. The van der Waals surface area contributed by atoms with Gasteiger partial charge >= 0.3 is 12.1 Å². The number of ether oxygens (including phenoxy) is 2. The van der Waals surface area contributed by atoms with Crippen molar-refractivity contribution in [2.75, 3.05) is 7.11 Å². The van der Waals surface area contributed by atoms with E-state index in [2.05, 4.69) is 0 Å². The van der Waals surface area contributed by atoms with Gasteiger partial charge in [-0.3, -0.25) is 4.90 Å². The zero-order valence-corrected chi connectivity index (χ0v) is 13.4. The number of methoxy groups -OCH3 is 1. The zero-order valence-electron chi connectivity index (χ0n) is 13.4. The van der Waals surface area contributed by atoms with Crippen molar-refractivity contribution in [3.63, 3.8) is 0 Å². The second-order valence-corrected chi connectivity index (χ2v) is 5.69. The van der Waals surface area contributed by atoms with Crippen molar-refractivity contribution in [2.45, 2.75) is 25.1 Å². The minimum Gasteiger partial charge on any atom is -0.467 e. The second kappa shape index (κ2) is 7.17. The summed E-state index contributed by atoms with van der Waals surface area (Å²) in [5.41, 5.74) is 1.94. The predicted octanol–water partition coefficient (Wildman–Crippen LogP) is 2.79. The summed E-state index contributed by atoms with van der Waals surface area (Å²) in [7, 11) is 1.32. The predicted molar refractivity (Wildman–Crippen MR) is 88.2 cm³/mol. The molecule has 1 aliphatic heterocycles. The quantitative estimate of drug-likeness (QED) is 0.793. The number of hydrogen-bond acceptors (Lipinski definition) is 4. The van der Waals surface area contributed by atoms with Crippen LogP contribution in [0, 0.1) is 0 Å². The monoisotopic (exact) mass is 325 g/mol. The van der Waals surface area contributed by atoms with Crippen LogP contribution >= 0.6 is 0 Å². The van der Waals surface area contributed by atoms with Gasteiger partial charge in [0.1, 0.15) is 6.10 Å². The molecule has 0 N–H and O–H groups in total. The number of benzene rings is 2. The van der Waals surface area contributed by atoms with Crippen molar-refractivity contribution in [2.24, 2.45) is 0 Å². The lowest BCUT2D eigenvalue weighted by atomic mass is 10.0. The third-order valence-corrected chi connectivity index (χ3v) is 4.09. The summed E-state index contributed by atoms with van der Waals surface area (Å²) in [6, 6.07) is 18.4. The largest absolute Gasteiger partial charge is 0.467 e. The van der Waals surface area contributed by atoms with Gasteiger partial charge in [-0.2, -0.15) is 0 Å². The first-order valence-corrected chi connectivity index (χ1v) is 7.82. The highest BCUT2D eigenvalue weighted by Gasteiger charge is 2.46. The summed E-state index contributed by atoms with van der Waals surface area (Å²) in [4.78, 5) is 26.0. The van der Waals surface area contributed by atoms with Gasteiger partial charge in [0.15, 0.2) is 6.04 Å². The van der Waals surface area contributed by atoms with E-state index in [1.54, 1.807) is 0 Å². The summed E-state index contributed by atoms with van der Waals surface area (Å²) in [6.07, 6.45) is -0.580. The Labute approximate surface area is 140 Å². The number of carbonyl (C=O) groups is 2. The highest BCUT2D eigenvalue weighted by molar-refractivity contribution is 5.85. The second-order valence-electron chi connectivity index (χ2n) is 5.69. The number of amides is 1. The van der Waals surface area contributed by atoms with Crippen LogP contribution in [-0.4, -0.2) is 36.2 Å². The van der Waals surface area contributed by atoms with Crippen LogP contribution in [0.2, 0.25) is 0 Å². The number of rotatable bonds is 5. The average molecular weight is 325 g/mol. The highest BCUT2D eigenvalue weighted by atomic mass is 16.6. The van der Waals surface area contributed by atoms with Gasteiger partial charge in [0.25, 0.3) is 0 Å². The van der Waals surface area contributed by atoms with Gasteiger partial charge in [-0.25, -0.2) is 9.59 Å². The maximum Gasteiger partial charge on any atom is 0.411 e. The molecule has 3 rings (SSSR count). The van der Waals surface area contributed by atoms with Crippen LogP contribution in [0.1, 0.15) is 11.1 Å². The van der Waals surface area contributed by atoms with E-state index < -0.39 is 24.2 Å². The van der Waals surface area contributed by atoms with E-state index in [-0.39, 0.29) is 0 Å². The number of cyclic esters (lactones) is 1. The van der Waals surface area contributed by atoms with Crippen molar-refractivity contribution < 1.29 is 19.1 Å². The van der Waals surface area contributed by atoms with E-state index in [1.807, 2.05) is 60.7 Å². The maximum atomic E-state index is 12.3. The van der Waals surface area contributed by atoms with Crippen LogP contribution in [0.3, 0.4) is 0 Å². The molecule has 0 aromatic heterocycles. The molecule has 0 bridgehead atoms. The van der Waals surface area contributed by atoms with Crippen molar-refractivity contribution in [1.29, 1.82) is 0 Å². The molecule has 1 fully saturated rings. The molecule has 2 atom stereocenters. The topological polar surface area (TPSA) is 55.8 Å². The van der Waals surface area contributed by atoms with Crippen molar-refractivity contribution in [3.8, 4) is 0 Å². The Balaban J connectivity index is 1.82. The molecule has 0 unspecified atom stereocenters. The van der Waals surface area contributed by atoms with E-state index in [0.29, 0.717) is 13.0 Å². The Hall–Kier alpha value is -2.82. The lowest BCUT2D eigenvalue weighted by Crippen LogP contribution is -2.44. The fourth-order valence-electron chi connectivity index (χ4n) is 2.92. The Morgan fingerprint density at radius 1 is 1.04 bits per heavy atom. The van der Waals surface area contributed by atoms with E-state index in [9.17, 15) is 9.59 Å². The van der Waals surface area contributed by atoms with Gasteiger partial charge in [0.2, 0.25) is 0 Å². The first-order valence-electron chi connectivity index (χ1n) is 7.82. The number of esters is 1. The zero-order chi connectivity index (χ0) is 16.9.